The Labute approximate surface area is 113 Å². The van der Waals surface area contributed by atoms with Crippen LogP contribution in [0, 0.1) is 11.6 Å². The van der Waals surface area contributed by atoms with Gasteiger partial charge >= 0.3 is 5.97 Å². The van der Waals surface area contributed by atoms with Gasteiger partial charge in [-0.2, -0.15) is 0 Å². The van der Waals surface area contributed by atoms with E-state index in [-0.39, 0.29) is 23.2 Å². The van der Waals surface area contributed by atoms with Gasteiger partial charge in [0, 0.05) is 31.3 Å². The Bertz CT molecular complexity index is 692. The summed E-state index contributed by atoms with van der Waals surface area (Å²) in [6.45, 7) is 0. The normalized spacial score (nSPS) is 10.6. The molecule has 1 heterocycles. The molecule has 0 saturated heterocycles. The van der Waals surface area contributed by atoms with E-state index in [2.05, 4.69) is 0 Å². The predicted octanol–water partition coefficient (Wildman–Crippen LogP) is 2.43. The van der Waals surface area contributed by atoms with Crippen molar-refractivity contribution in [3.63, 3.8) is 0 Å². The van der Waals surface area contributed by atoms with Crippen LogP contribution in [0.4, 0.5) is 8.78 Å². The van der Waals surface area contributed by atoms with Crippen LogP contribution in [-0.4, -0.2) is 21.4 Å². The quantitative estimate of drug-likeness (QED) is 0.874. The molecule has 0 aliphatic carbocycles. The molecule has 0 aliphatic rings. The zero-order chi connectivity index (χ0) is 14.9. The van der Waals surface area contributed by atoms with E-state index in [9.17, 15) is 18.4 Å². The lowest BCUT2D eigenvalue weighted by Crippen LogP contribution is -2.04. The molecule has 20 heavy (non-hydrogen) atoms. The molecule has 0 saturated carbocycles. The molecule has 104 valence electrons. The third-order valence-electron chi connectivity index (χ3n) is 2.91. The van der Waals surface area contributed by atoms with E-state index in [1.807, 2.05) is 0 Å². The van der Waals surface area contributed by atoms with Crippen LogP contribution in [0.1, 0.15) is 26.4 Å². The van der Waals surface area contributed by atoms with E-state index in [0.29, 0.717) is 6.07 Å². The van der Waals surface area contributed by atoms with Crippen molar-refractivity contribution < 1.29 is 23.5 Å². The van der Waals surface area contributed by atoms with Gasteiger partial charge in [0.1, 0.15) is 17.3 Å². The van der Waals surface area contributed by atoms with E-state index in [4.69, 9.17) is 5.11 Å². The SMILES string of the molecule is Cn1cc(C(=O)Cc2ccc(F)cc2F)cc1C(=O)O. The van der Waals surface area contributed by atoms with Gasteiger partial charge in [-0.15, -0.1) is 0 Å². The van der Waals surface area contributed by atoms with Gasteiger partial charge in [-0.1, -0.05) is 6.07 Å². The van der Waals surface area contributed by atoms with Crippen LogP contribution in [0.3, 0.4) is 0 Å². The molecule has 1 aromatic heterocycles. The second kappa shape index (κ2) is 5.24. The van der Waals surface area contributed by atoms with Crippen molar-refractivity contribution in [3.8, 4) is 0 Å². The number of nitrogens with zero attached hydrogens (tertiary/aromatic N) is 1. The highest BCUT2D eigenvalue weighted by molar-refractivity contribution is 5.99. The molecule has 1 N–H and O–H groups in total. The number of carbonyl (C=O) groups is 2. The monoisotopic (exact) mass is 279 g/mol. The number of aromatic carboxylic acids is 1. The molecule has 2 aromatic rings. The first-order valence-corrected chi connectivity index (χ1v) is 5.75. The topological polar surface area (TPSA) is 59.3 Å². The molecule has 2 rings (SSSR count). The maximum absolute atomic E-state index is 13.4. The standard InChI is InChI=1S/C14H11F2NO3/c1-17-7-9(4-12(17)14(19)20)13(18)5-8-2-3-10(15)6-11(8)16/h2-4,6-7H,5H2,1H3,(H,19,20). The Morgan fingerprint density at radius 1 is 1.25 bits per heavy atom. The first-order chi connectivity index (χ1) is 9.38. The van der Waals surface area contributed by atoms with E-state index >= 15 is 0 Å². The fourth-order valence-electron chi connectivity index (χ4n) is 1.87. The van der Waals surface area contributed by atoms with Crippen LogP contribution in [0.2, 0.25) is 0 Å². The van der Waals surface area contributed by atoms with Crippen LogP contribution >= 0.6 is 0 Å². The number of halogens is 2. The van der Waals surface area contributed by atoms with Crippen molar-refractivity contribution in [2.45, 2.75) is 6.42 Å². The van der Waals surface area contributed by atoms with Crippen LogP contribution in [-0.2, 0) is 13.5 Å². The van der Waals surface area contributed by atoms with Crippen molar-refractivity contribution in [2.24, 2.45) is 7.05 Å². The van der Waals surface area contributed by atoms with Gasteiger partial charge < -0.3 is 9.67 Å². The number of aryl methyl sites for hydroxylation is 1. The summed E-state index contributed by atoms with van der Waals surface area (Å²) in [6.07, 6.45) is 1.11. The minimum atomic E-state index is -1.15. The Morgan fingerprint density at radius 2 is 1.95 bits per heavy atom. The summed E-state index contributed by atoms with van der Waals surface area (Å²) in [5.41, 5.74) is 0.207. The first-order valence-electron chi connectivity index (χ1n) is 5.75. The molecule has 1 aromatic carbocycles. The number of hydrogen-bond acceptors (Lipinski definition) is 2. The van der Waals surface area contributed by atoms with Crippen molar-refractivity contribution in [1.82, 2.24) is 4.57 Å². The van der Waals surface area contributed by atoms with Crippen molar-refractivity contribution in [2.75, 3.05) is 0 Å². The second-order valence-corrected chi connectivity index (χ2v) is 4.37. The minimum absolute atomic E-state index is 0.0343. The number of benzene rings is 1. The number of carbonyl (C=O) groups excluding carboxylic acids is 1. The Morgan fingerprint density at radius 3 is 2.50 bits per heavy atom. The highest BCUT2D eigenvalue weighted by atomic mass is 19.1. The molecule has 6 heteroatoms. The summed E-state index contributed by atoms with van der Waals surface area (Å²) in [6, 6.07) is 4.20. The lowest BCUT2D eigenvalue weighted by Gasteiger charge is -2.01. The zero-order valence-corrected chi connectivity index (χ0v) is 10.6. The molecule has 0 aliphatic heterocycles. The summed E-state index contributed by atoms with van der Waals surface area (Å²) >= 11 is 0. The molecule has 0 bridgehead atoms. The van der Waals surface area contributed by atoms with E-state index in [1.165, 1.54) is 29.9 Å². The number of carboxylic acids is 1. The molecule has 0 amide bonds. The average Bonchev–Trinajstić information content (AvgIpc) is 2.75. The number of aromatic nitrogens is 1. The summed E-state index contributed by atoms with van der Waals surface area (Å²) in [5, 5.41) is 8.89. The fraction of sp³-hybridized carbons (Fsp3) is 0.143. The Balaban J connectivity index is 2.24. The van der Waals surface area contributed by atoms with Gasteiger partial charge in [0.25, 0.3) is 0 Å². The van der Waals surface area contributed by atoms with Crippen LogP contribution in [0.15, 0.2) is 30.5 Å². The maximum atomic E-state index is 13.4. The van der Waals surface area contributed by atoms with Gasteiger partial charge in [0.05, 0.1) is 0 Å². The van der Waals surface area contributed by atoms with E-state index in [0.717, 1.165) is 6.07 Å². The largest absolute Gasteiger partial charge is 0.477 e. The van der Waals surface area contributed by atoms with Gasteiger partial charge in [0.15, 0.2) is 5.78 Å². The third kappa shape index (κ3) is 2.74. The Hall–Kier alpha value is -2.50. The lowest BCUT2D eigenvalue weighted by atomic mass is 10.0. The molecule has 4 nitrogen and oxygen atoms in total. The summed E-state index contributed by atoms with van der Waals surface area (Å²) in [7, 11) is 1.50. The maximum Gasteiger partial charge on any atom is 0.352 e. The van der Waals surface area contributed by atoms with Gasteiger partial charge in [-0.25, -0.2) is 13.6 Å². The number of rotatable bonds is 4. The molecular weight excluding hydrogens is 268 g/mol. The summed E-state index contributed by atoms with van der Waals surface area (Å²) in [4.78, 5) is 22.8. The van der Waals surface area contributed by atoms with Crippen molar-refractivity contribution in [3.05, 3.63) is 58.9 Å². The number of hydrogen-bond donors (Lipinski definition) is 1. The number of carboxylic acid groups (broad SMARTS) is 1. The molecule has 0 unspecified atom stereocenters. The molecule has 0 fully saturated rings. The molecule has 0 atom stereocenters. The number of ketones is 1. The van der Waals surface area contributed by atoms with E-state index < -0.39 is 23.4 Å². The van der Waals surface area contributed by atoms with Gasteiger partial charge in [-0.05, 0) is 17.7 Å². The van der Waals surface area contributed by atoms with Crippen LogP contribution < -0.4 is 0 Å². The van der Waals surface area contributed by atoms with Crippen LogP contribution in [0.25, 0.3) is 0 Å². The zero-order valence-electron chi connectivity index (χ0n) is 10.6. The molecule has 0 radical (unpaired) electrons. The fourth-order valence-corrected chi connectivity index (χ4v) is 1.87. The second-order valence-electron chi connectivity index (χ2n) is 4.37. The molecule has 0 spiro atoms. The number of Topliss-reactive ketones (excluding diaryl/α,β-unsaturated/α-hetero) is 1. The minimum Gasteiger partial charge on any atom is -0.477 e. The van der Waals surface area contributed by atoms with Gasteiger partial charge in [0.2, 0.25) is 0 Å². The van der Waals surface area contributed by atoms with Crippen molar-refractivity contribution in [1.29, 1.82) is 0 Å². The summed E-state index contributed by atoms with van der Waals surface area (Å²) < 4.78 is 27.5. The van der Waals surface area contributed by atoms with Crippen LogP contribution in [0.5, 0.6) is 0 Å². The average molecular weight is 279 g/mol. The van der Waals surface area contributed by atoms with Crippen molar-refractivity contribution >= 4 is 11.8 Å². The predicted molar refractivity (Wildman–Crippen MR) is 66.8 cm³/mol. The van der Waals surface area contributed by atoms with Gasteiger partial charge in [-0.3, -0.25) is 4.79 Å². The lowest BCUT2D eigenvalue weighted by molar-refractivity contribution is 0.0686. The third-order valence-corrected chi connectivity index (χ3v) is 2.91. The summed E-state index contributed by atoms with van der Waals surface area (Å²) in [5.74, 6) is -3.10. The highest BCUT2D eigenvalue weighted by Crippen LogP contribution is 2.15. The Kier molecular flexibility index (Phi) is 3.65. The highest BCUT2D eigenvalue weighted by Gasteiger charge is 2.16. The molecular formula is C14H11F2NO3. The first kappa shape index (κ1) is 13.9. The smallest absolute Gasteiger partial charge is 0.352 e. The van der Waals surface area contributed by atoms with E-state index in [1.54, 1.807) is 0 Å².